The predicted octanol–water partition coefficient (Wildman–Crippen LogP) is 0.0340. The molecule has 0 spiro atoms. The molecular weight excluding hydrogens is 188 g/mol. The van der Waals surface area contributed by atoms with Gasteiger partial charge in [-0.25, -0.2) is 4.99 Å². The second-order valence-corrected chi connectivity index (χ2v) is 3.40. The molecule has 2 rings (SSSR count). The minimum Gasteiger partial charge on any atom is -0.383 e. The molecule has 0 radical (unpaired) electrons. The van der Waals surface area contributed by atoms with Gasteiger partial charge in [0.2, 0.25) is 0 Å². The molecule has 15 heavy (non-hydrogen) atoms. The molecule has 1 aromatic carbocycles. The van der Waals surface area contributed by atoms with Gasteiger partial charge in [-0.3, -0.25) is 0 Å². The molecule has 4 nitrogen and oxygen atoms in total. The quantitative estimate of drug-likeness (QED) is 0.632. The molecule has 0 aliphatic carbocycles. The van der Waals surface area contributed by atoms with Crippen LogP contribution in [0.25, 0.3) is 5.70 Å². The Labute approximate surface area is 88.5 Å². The van der Waals surface area contributed by atoms with Gasteiger partial charge in [0.1, 0.15) is 5.84 Å². The molecule has 6 N–H and O–H groups in total. The minimum absolute atomic E-state index is 0.414. The highest BCUT2D eigenvalue weighted by Gasteiger charge is 2.19. The van der Waals surface area contributed by atoms with Gasteiger partial charge in [0, 0.05) is 24.2 Å². The summed E-state index contributed by atoms with van der Waals surface area (Å²) in [5.74, 6) is 0.542. The van der Waals surface area contributed by atoms with Crippen molar-refractivity contribution < 1.29 is 0 Å². The summed E-state index contributed by atoms with van der Waals surface area (Å²) in [7, 11) is 0. The smallest absolute Gasteiger partial charge is 0.132 e. The monoisotopic (exact) mass is 202 g/mol. The van der Waals surface area contributed by atoms with Gasteiger partial charge in [-0.05, 0) is 5.57 Å². The topological polar surface area (TPSA) is 90.4 Å². The van der Waals surface area contributed by atoms with Crippen molar-refractivity contribution in [1.29, 1.82) is 0 Å². The van der Waals surface area contributed by atoms with Crippen molar-refractivity contribution in [3.8, 4) is 0 Å². The summed E-state index contributed by atoms with van der Waals surface area (Å²) in [4.78, 5) is 4.31. The van der Waals surface area contributed by atoms with Gasteiger partial charge in [0.05, 0.1) is 5.70 Å². The summed E-state index contributed by atoms with van der Waals surface area (Å²) in [6.07, 6.45) is 0. The van der Waals surface area contributed by atoms with Crippen molar-refractivity contribution >= 4 is 11.5 Å². The lowest BCUT2D eigenvalue weighted by Gasteiger charge is -2.05. The van der Waals surface area contributed by atoms with Gasteiger partial charge in [-0.1, -0.05) is 24.3 Å². The van der Waals surface area contributed by atoms with Gasteiger partial charge in [-0.2, -0.15) is 0 Å². The summed E-state index contributed by atoms with van der Waals surface area (Å²) in [5.41, 5.74) is 20.8. The average molecular weight is 202 g/mol. The number of fused-ring (bicyclic) bond motifs is 1. The lowest BCUT2D eigenvalue weighted by molar-refractivity contribution is 1.04. The third-order valence-electron chi connectivity index (χ3n) is 2.52. The third kappa shape index (κ3) is 1.54. The molecule has 0 saturated heterocycles. The number of hydrogen-bond donors (Lipinski definition) is 3. The third-order valence-corrected chi connectivity index (χ3v) is 2.52. The summed E-state index contributed by atoms with van der Waals surface area (Å²) in [5, 5.41) is 0. The Balaban J connectivity index is 2.61. The lowest BCUT2D eigenvalue weighted by atomic mass is 10.0. The summed E-state index contributed by atoms with van der Waals surface area (Å²) in [6, 6.07) is 7.83. The van der Waals surface area contributed by atoms with E-state index >= 15 is 0 Å². The highest BCUT2D eigenvalue weighted by molar-refractivity contribution is 6.09. The minimum atomic E-state index is 0.414. The van der Waals surface area contributed by atoms with Gasteiger partial charge < -0.3 is 17.2 Å². The maximum absolute atomic E-state index is 5.82. The molecule has 0 bridgehead atoms. The van der Waals surface area contributed by atoms with Crippen molar-refractivity contribution in [3.63, 3.8) is 0 Å². The van der Waals surface area contributed by atoms with E-state index in [1.165, 1.54) is 0 Å². The van der Waals surface area contributed by atoms with Crippen LogP contribution in [0.3, 0.4) is 0 Å². The molecular formula is C11H14N4. The Kier molecular flexibility index (Phi) is 2.53. The molecule has 1 aromatic rings. The van der Waals surface area contributed by atoms with Crippen molar-refractivity contribution in [2.24, 2.45) is 22.2 Å². The predicted molar refractivity (Wildman–Crippen MR) is 62.2 cm³/mol. The van der Waals surface area contributed by atoms with Crippen LogP contribution in [0.5, 0.6) is 0 Å². The SMILES string of the molecule is NCC(CN)=C1N=C(N)c2ccccc21. The van der Waals surface area contributed by atoms with Crippen molar-refractivity contribution in [3.05, 3.63) is 41.0 Å². The van der Waals surface area contributed by atoms with Crippen molar-refractivity contribution in [2.45, 2.75) is 0 Å². The van der Waals surface area contributed by atoms with Crippen LogP contribution in [-0.2, 0) is 0 Å². The largest absolute Gasteiger partial charge is 0.383 e. The molecule has 4 heteroatoms. The van der Waals surface area contributed by atoms with E-state index in [4.69, 9.17) is 17.2 Å². The number of amidine groups is 1. The highest BCUT2D eigenvalue weighted by Crippen LogP contribution is 2.28. The van der Waals surface area contributed by atoms with E-state index in [9.17, 15) is 0 Å². The molecule has 1 aliphatic heterocycles. The van der Waals surface area contributed by atoms with Crippen LogP contribution in [0.1, 0.15) is 11.1 Å². The van der Waals surface area contributed by atoms with E-state index in [0.29, 0.717) is 18.9 Å². The first-order chi connectivity index (χ1) is 7.27. The maximum Gasteiger partial charge on any atom is 0.132 e. The van der Waals surface area contributed by atoms with Crippen LogP contribution in [-0.4, -0.2) is 18.9 Å². The fourth-order valence-corrected chi connectivity index (χ4v) is 1.70. The Hall–Kier alpha value is -1.65. The average Bonchev–Trinajstić information content (AvgIpc) is 2.60. The van der Waals surface area contributed by atoms with Gasteiger partial charge in [-0.15, -0.1) is 0 Å². The first kappa shape index (κ1) is 9.89. The van der Waals surface area contributed by atoms with Gasteiger partial charge in [0.15, 0.2) is 0 Å². The van der Waals surface area contributed by atoms with E-state index in [0.717, 1.165) is 22.4 Å². The zero-order valence-electron chi connectivity index (χ0n) is 8.40. The molecule has 0 unspecified atom stereocenters. The molecule has 0 amide bonds. The Morgan fingerprint density at radius 2 is 1.67 bits per heavy atom. The normalized spacial score (nSPS) is 13.7. The van der Waals surface area contributed by atoms with Gasteiger partial charge >= 0.3 is 0 Å². The second kappa shape index (κ2) is 3.84. The van der Waals surface area contributed by atoms with Crippen molar-refractivity contribution in [1.82, 2.24) is 0 Å². The first-order valence-electron chi connectivity index (χ1n) is 4.84. The number of nitrogens with zero attached hydrogens (tertiary/aromatic N) is 1. The Morgan fingerprint density at radius 1 is 1.07 bits per heavy atom. The van der Waals surface area contributed by atoms with E-state index in [1.807, 2.05) is 24.3 Å². The summed E-state index contributed by atoms with van der Waals surface area (Å²) < 4.78 is 0. The molecule has 78 valence electrons. The number of hydrogen-bond acceptors (Lipinski definition) is 4. The summed E-state index contributed by atoms with van der Waals surface area (Å²) in [6.45, 7) is 0.827. The Bertz CT molecular complexity index is 440. The Morgan fingerprint density at radius 3 is 2.27 bits per heavy atom. The fourth-order valence-electron chi connectivity index (χ4n) is 1.70. The van der Waals surface area contributed by atoms with Crippen molar-refractivity contribution in [2.75, 3.05) is 13.1 Å². The highest BCUT2D eigenvalue weighted by atomic mass is 14.9. The molecule has 0 saturated carbocycles. The van der Waals surface area contributed by atoms with Crippen LogP contribution in [0.4, 0.5) is 0 Å². The first-order valence-corrected chi connectivity index (χ1v) is 4.84. The number of benzene rings is 1. The van der Waals surface area contributed by atoms with E-state index in [-0.39, 0.29) is 0 Å². The van der Waals surface area contributed by atoms with E-state index in [2.05, 4.69) is 4.99 Å². The maximum atomic E-state index is 5.82. The van der Waals surface area contributed by atoms with Crippen LogP contribution in [0.2, 0.25) is 0 Å². The lowest BCUT2D eigenvalue weighted by Crippen LogP contribution is -2.14. The molecule has 1 aliphatic rings. The van der Waals surface area contributed by atoms with E-state index < -0.39 is 0 Å². The molecule has 0 fully saturated rings. The summed E-state index contributed by atoms with van der Waals surface area (Å²) >= 11 is 0. The van der Waals surface area contributed by atoms with E-state index in [1.54, 1.807) is 0 Å². The standard InChI is InChI=1S/C11H14N4/c12-5-7(6-13)10-8-3-1-2-4-9(8)11(14)15-10/h1-4H,5-6,12-13H2,(H2,14,15). The second-order valence-electron chi connectivity index (χ2n) is 3.40. The number of aliphatic imine (C=N–C) groups is 1. The number of nitrogens with two attached hydrogens (primary N) is 3. The fraction of sp³-hybridized carbons (Fsp3) is 0.182. The van der Waals surface area contributed by atoms with Gasteiger partial charge in [0.25, 0.3) is 0 Å². The molecule has 1 heterocycles. The van der Waals surface area contributed by atoms with Crippen LogP contribution in [0.15, 0.2) is 34.8 Å². The molecule has 0 aromatic heterocycles. The zero-order chi connectivity index (χ0) is 10.8. The van der Waals surface area contributed by atoms with Crippen LogP contribution < -0.4 is 17.2 Å². The van der Waals surface area contributed by atoms with Crippen LogP contribution in [0, 0.1) is 0 Å². The molecule has 0 atom stereocenters. The number of rotatable bonds is 2. The van der Waals surface area contributed by atoms with Crippen LogP contribution >= 0.6 is 0 Å². The zero-order valence-corrected chi connectivity index (χ0v) is 8.40.